The fraction of sp³-hybridized carbons (Fsp3) is 0. The Morgan fingerprint density at radius 1 is 1.20 bits per heavy atom. The standard InChI is InChI=1S/C13H9ClN4OS/c14-8-3-1-4-9(7-8)15-13-16-12(19)11(17-18-13)10-5-2-6-20-10/h1-7H,(H2,15,16,18,19). The van der Waals surface area contributed by atoms with Gasteiger partial charge in [-0.3, -0.25) is 9.78 Å². The highest BCUT2D eigenvalue weighted by Crippen LogP contribution is 2.20. The highest BCUT2D eigenvalue weighted by molar-refractivity contribution is 7.13. The van der Waals surface area contributed by atoms with Gasteiger partial charge < -0.3 is 5.32 Å². The second-order valence-electron chi connectivity index (χ2n) is 3.96. The van der Waals surface area contributed by atoms with Crippen LogP contribution in [0.1, 0.15) is 0 Å². The first-order valence-corrected chi connectivity index (χ1v) is 7.01. The third-order valence-electron chi connectivity index (χ3n) is 2.54. The van der Waals surface area contributed by atoms with Crippen LogP contribution in [0.2, 0.25) is 5.02 Å². The zero-order valence-corrected chi connectivity index (χ0v) is 11.7. The molecule has 0 aliphatic carbocycles. The van der Waals surface area contributed by atoms with E-state index in [1.807, 2.05) is 23.6 Å². The molecular formula is C13H9ClN4OS. The highest BCUT2D eigenvalue weighted by atomic mass is 35.5. The van der Waals surface area contributed by atoms with Gasteiger partial charge in [0.25, 0.3) is 5.56 Å². The molecule has 2 aromatic heterocycles. The summed E-state index contributed by atoms with van der Waals surface area (Å²) >= 11 is 7.33. The molecular weight excluding hydrogens is 296 g/mol. The summed E-state index contributed by atoms with van der Waals surface area (Å²) in [6.45, 7) is 0. The summed E-state index contributed by atoms with van der Waals surface area (Å²) in [6, 6.07) is 10.8. The molecule has 2 heterocycles. The summed E-state index contributed by atoms with van der Waals surface area (Å²) in [7, 11) is 0. The summed E-state index contributed by atoms with van der Waals surface area (Å²) in [4.78, 5) is 15.4. The SMILES string of the molecule is O=c1[nH]c(Nc2cccc(Cl)c2)nnc1-c1cccs1. The summed E-state index contributed by atoms with van der Waals surface area (Å²) in [5.41, 5.74) is 0.759. The third-order valence-corrected chi connectivity index (χ3v) is 3.65. The van der Waals surface area contributed by atoms with Crippen molar-refractivity contribution in [3.8, 4) is 10.6 Å². The lowest BCUT2D eigenvalue weighted by atomic mass is 10.3. The lowest BCUT2D eigenvalue weighted by molar-refractivity contribution is 0.964. The number of rotatable bonds is 3. The van der Waals surface area contributed by atoms with Crippen LogP contribution in [0.15, 0.2) is 46.6 Å². The lowest BCUT2D eigenvalue weighted by Gasteiger charge is -2.05. The Kier molecular flexibility index (Phi) is 3.49. The summed E-state index contributed by atoms with van der Waals surface area (Å²) in [6.07, 6.45) is 0. The molecule has 0 spiro atoms. The van der Waals surface area contributed by atoms with Gasteiger partial charge in [0, 0.05) is 10.7 Å². The fourth-order valence-electron chi connectivity index (χ4n) is 1.67. The van der Waals surface area contributed by atoms with Crippen LogP contribution < -0.4 is 10.9 Å². The van der Waals surface area contributed by atoms with Crippen molar-refractivity contribution < 1.29 is 0 Å². The number of aromatic nitrogens is 3. The van der Waals surface area contributed by atoms with Crippen molar-refractivity contribution in [3.63, 3.8) is 0 Å². The average Bonchev–Trinajstić information content (AvgIpc) is 2.92. The number of H-pyrrole nitrogens is 1. The Balaban J connectivity index is 1.89. The van der Waals surface area contributed by atoms with Crippen molar-refractivity contribution >= 4 is 34.6 Å². The largest absolute Gasteiger partial charge is 0.324 e. The molecule has 100 valence electrons. The molecule has 0 atom stereocenters. The molecule has 7 heteroatoms. The first kappa shape index (κ1) is 12.8. The molecule has 0 amide bonds. The molecule has 0 saturated carbocycles. The zero-order chi connectivity index (χ0) is 13.9. The van der Waals surface area contributed by atoms with Crippen LogP contribution in [0, 0.1) is 0 Å². The predicted molar refractivity (Wildman–Crippen MR) is 80.7 cm³/mol. The first-order valence-electron chi connectivity index (χ1n) is 5.76. The minimum atomic E-state index is -0.285. The zero-order valence-electron chi connectivity index (χ0n) is 10.1. The van der Waals surface area contributed by atoms with Gasteiger partial charge in [0.2, 0.25) is 5.95 Å². The van der Waals surface area contributed by atoms with E-state index in [0.717, 1.165) is 10.6 Å². The Bertz CT molecular complexity index is 785. The van der Waals surface area contributed by atoms with Gasteiger partial charge in [-0.15, -0.1) is 21.5 Å². The van der Waals surface area contributed by atoms with Gasteiger partial charge in [0.15, 0.2) is 5.69 Å². The van der Waals surface area contributed by atoms with E-state index in [2.05, 4.69) is 20.5 Å². The molecule has 5 nitrogen and oxygen atoms in total. The van der Waals surface area contributed by atoms with E-state index in [0.29, 0.717) is 10.7 Å². The molecule has 20 heavy (non-hydrogen) atoms. The van der Waals surface area contributed by atoms with E-state index in [1.165, 1.54) is 11.3 Å². The second kappa shape index (κ2) is 5.44. The topological polar surface area (TPSA) is 70.7 Å². The number of thiophene rings is 1. The monoisotopic (exact) mass is 304 g/mol. The molecule has 1 aromatic carbocycles. The summed E-state index contributed by atoms with van der Waals surface area (Å²) < 4.78 is 0. The number of aromatic amines is 1. The number of halogens is 1. The predicted octanol–water partition coefficient (Wildman–Crippen LogP) is 3.29. The van der Waals surface area contributed by atoms with Gasteiger partial charge in [-0.05, 0) is 29.6 Å². The molecule has 3 rings (SSSR count). The number of anilines is 2. The van der Waals surface area contributed by atoms with E-state index in [9.17, 15) is 4.79 Å². The van der Waals surface area contributed by atoms with Crippen LogP contribution in [-0.4, -0.2) is 15.2 Å². The van der Waals surface area contributed by atoms with Gasteiger partial charge in [-0.25, -0.2) is 0 Å². The van der Waals surface area contributed by atoms with E-state index < -0.39 is 0 Å². The third kappa shape index (κ3) is 2.71. The van der Waals surface area contributed by atoms with Crippen molar-refractivity contribution in [2.24, 2.45) is 0 Å². The number of nitrogens with zero attached hydrogens (tertiary/aromatic N) is 2. The van der Waals surface area contributed by atoms with Crippen LogP contribution >= 0.6 is 22.9 Å². The first-order chi connectivity index (χ1) is 9.72. The van der Waals surface area contributed by atoms with Gasteiger partial charge in [-0.2, -0.15) is 0 Å². The van der Waals surface area contributed by atoms with Crippen LogP contribution in [0.25, 0.3) is 10.6 Å². The minimum absolute atomic E-state index is 0.276. The van der Waals surface area contributed by atoms with E-state index in [-0.39, 0.29) is 11.5 Å². The lowest BCUT2D eigenvalue weighted by Crippen LogP contribution is -2.15. The van der Waals surface area contributed by atoms with Gasteiger partial charge in [0.05, 0.1) is 4.88 Å². The Morgan fingerprint density at radius 2 is 2.10 bits per heavy atom. The van der Waals surface area contributed by atoms with Gasteiger partial charge >= 0.3 is 0 Å². The van der Waals surface area contributed by atoms with E-state index in [1.54, 1.807) is 18.2 Å². The molecule has 0 unspecified atom stereocenters. The minimum Gasteiger partial charge on any atom is -0.324 e. The number of hydrogen-bond donors (Lipinski definition) is 2. The normalized spacial score (nSPS) is 10.4. The van der Waals surface area contributed by atoms with Crippen molar-refractivity contribution in [1.29, 1.82) is 0 Å². The summed E-state index contributed by atoms with van der Waals surface area (Å²) in [5, 5.41) is 13.4. The van der Waals surface area contributed by atoms with E-state index in [4.69, 9.17) is 11.6 Å². The molecule has 0 fully saturated rings. The quantitative estimate of drug-likeness (QED) is 0.779. The van der Waals surface area contributed by atoms with E-state index >= 15 is 0 Å². The maximum absolute atomic E-state index is 12.0. The Hall–Kier alpha value is -2.18. The van der Waals surface area contributed by atoms with Gasteiger partial charge in [0.1, 0.15) is 0 Å². The molecule has 3 aromatic rings. The molecule has 2 N–H and O–H groups in total. The fourth-order valence-corrected chi connectivity index (χ4v) is 2.57. The van der Waals surface area contributed by atoms with Crippen molar-refractivity contribution in [2.75, 3.05) is 5.32 Å². The van der Waals surface area contributed by atoms with Crippen LogP contribution in [0.5, 0.6) is 0 Å². The second-order valence-corrected chi connectivity index (χ2v) is 5.35. The van der Waals surface area contributed by atoms with Gasteiger partial charge in [-0.1, -0.05) is 23.7 Å². The molecule has 0 bridgehead atoms. The van der Waals surface area contributed by atoms with Crippen molar-refractivity contribution in [3.05, 3.63) is 57.2 Å². The molecule has 0 aliphatic rings. The molecule has 0 saturated heterocycles. The molecule has 0 aliphatic heterocycles. The number of nitrogens with one attached hydrogen (secondary N) is 2. The summed E-state index contributed by atoms with van der Waals surface area (Å²) in [5.74, 6) is 0.276. The Labute approximate surface area is 123 Å². The van der Waals surface area contributed by atoms with Crippen molar-refractivity contribution in [2.45, 2.75) is 0 Å². The van der Waals surface area contributed by atoms with Crippen LogP contribution in [0.3, 0.4) is 0 Å². The molecule has 0 radical (unpaired) electrons. The average molecular weight is 305 g/mol. The highest BCUT2D eigenvalue weighted by Gasteiger charge is 2.08. The van der Waals surface area contributed by atoms with Crippen LogP contribution in [0.4, 0.5) is 11.6 Å². The number of benzene rings is 1. The number of hydrogen-bond acceptors (Lipinski definition) is 5. The Morgan fingerprint density at radius 3 is 2.80 bits per heavy atom. The maximum Gasteiger partial charge on any atom is 0.280 e. The maximum atomic E-state index is 12.0. The van der Waals surface area contributed by atoms with Crippen molar-refractivity contribution in [1.82, 2.24) is 15.2 Å². The smallest absolute Gasteiger partial charge is 0.280 e. The van der Waals surface area contributed by atoms with Crippen LogP contribution in [-0.2, 0) is 0 Å².